The average molecular weight is 275 g/mol. The van der Waals surface area contributed by atoms with Crippen molar-refractivity contribution in [2.75, 3.05) is 7.11 Å². The summed E-state index contributed by atoms with van der Waals surface area (Å²) in [5.41, 5.74) is 2.57. The Morgan fingerprint density at radius 3 is 2.60 bits per heavy atom. The molecular formula is C15H17NO4. The molecule has 0 N–H and O–H groups in total. The van der Waals surface area contributed by atoms with Crippen molar-refractivity contribution in [3.63, 3.8) is 0 Å². The molecule has 0 saturated carbocycles. The molecule has 1 heterocycles. The highest BCUT2D eigenvalue weighted by Crippen LogP contribution is 2.18. The summed E-state index contributed by atoms with van der Waals surface area (Å²) in [5, 5.41) is 3.87. The summed E-state index contributed by atoms with van der Waals surface area (Å²) in [4.78, 5) is 11.4. The fourth-order valence-corrected chi connectivity index (χ4v) is 1.78. The van der Waals surface area contributed by atoms with Crippen molar-refractivity contribution in [3.05, 3.63) is 46.8 Å². The predicted molar refractivity (Wildman–Crippen MR) is 72.5 cm³/mol. The number of esters is 1. The van der Waals surface area contributed by atoms with Crippen LogP contribution in [0.5, 0.6) is 5.75 Å². The number of aryl methyl sites for hydroxylation is 2. The minimum atomic E-state index is -0.326. The Kier molecular flexibility index (Phi) is 4.40. The fourth-order valence-electron chi connectivity index (χ4n) is 1.78. The molecule has 5 heteroatoms. The summed E-state index contributed by atoms with van der Waals surface area (Å²) < 4.78 is 15.5. The van der Waals surface area contributed by atoms with Crippen molar-refractivity contribution >= 4 is 5.97 Å². The van der Waals surface area contributed by atoms with E-state index in [1.165, 1.54) is 12.7 Å². The summed E-state index contributed by atoms with van der Waals surface area (Å²) in [6, 6.07) is 7.71. The third kappa shape index (κ3) is 3.38. The lowest BCUT2D eigenvalue weighted by atomic mass is 10.1. The molecule has 2 rings (SSSR count). The zero-order valence-electron chi connectivity index (χ0n) is 11.8. The van der Waals surface area contributed by atoms with E-state index >= 15 is 0 Å². The third-order valence-corrected chi connectivity index (χ3v) is 3.01. The van der Waals surface area contributed by atoms with Gasteiger partial charge in [0.15, 0.2) is 5.76 Å². The lowest BCUT2D eigenvalue weighted by Crippen LogP contribution is -2.07. The molecule has 1 aromatic heterocycles. The molecule has 0 aliphatic rings. The quantitative estimate of drug-likeness (QED) is 0.785. The fraction of sp³-hybridized carbons (Fsp3) is 0.333. The molecule has 0 spiro atoms. The third-order valence-electron chi connectivity index (χ3n) is 3.01. The predicted octanol–water partition coefficient (Wildman–Crippen LogP) is 2.59. The van der Waals surface area contributed by atoms with E-state index in [1.807, 2.05) is 31.2 Å². The lowest BCUT2D eigenvalue weighted by molar-refractivity contribution is -0.139. The number of nitrogens with zero attached hydrogens (tertiary/aromatic N) is 1. The van der Waals surface area contributed by atoms with Gasteiger partial charge in [0.2, 0.25) is 0 Å². The van der Waals surface area contributed by atoms with Crippen molar-refractivity contribution < 1.29 is 18.8 Å². The van der Waals surface area contributed by atoms with Crippen molar-refractivity contribution in [2.45, 2.75) is 26.9 Å². The molecule has 0 unspecified atom stereocenters. The number of carbonyl (C=O) groups excluding carboxylic acids is 1. The standard InChI is InChI=1S/C15H17NO4/c1-10-4-6-12(7-5-10)19-9-14-13(8-15(17)18-3)11(2)16-20-14/h4-7H,8-9H2,1-3H3. The maximum absolute atomic E-state index is 11.4. The van der Waals surface area contributed by atoms with Crippen LogP contribution in [0.1, 0.15) is 22.6 Å². The summed E-state index contributed by atoms with van der Waals surface area (Å²) in [5.74, 6) is 0.968. The summed E-state index contributed by atoms with van der Waals surface area (Å²) >= 11 is 0. The highest BCUT2D eigenvalue weighted by molar-refractivity contribution is 5.72. The molecule has 106 valence electrons. The number of aromatic nitrogens is 1. The van der Waals surface area contributed by atoms with Gasteiger partial charge in [0, 0.05) is 5.56 Å². The first-order chi connectivity index (χ1) is 9.60. The van der Waals surface area contributed by atoms with E-state index in [0.717, 1.165) is 11.3 Å². The van der Waals surface area contributed by atoms with Crippen molar-refractivity contribution in [1.82, 2.24) is 5.16 Å². The zero-order valence-corrected chi connectivity index (χ0v) is 11.8. The minimum Gasteiger partial charge on any atom is -0.486 e. The Hall–Kier alpha value is -2.30. The molecule has 0 atom stereocenters. The Morgan fingerprint density at radius 1 is 1.25 bits per heavy atom. The highest BCUT2D eigenvalue weighted by Gasteiger charge is 2.17. The molecule has 0 fully saturated rings. The Labute approximate surface area is 117 Å². The zero-order chi connectivity index (χ0) is 14.5. The van der Waals surface area contributed by atoms with Gasteiger partial charge in [-0.3, -0.25) is 4.79 Å². The van der Waals surface area contributed by atoms with Crippen LogP contribution in [0.25, 0.3) is 0 Å². The number of hydrogen-bond donors (Lipinski definition) is 0. The molecule has 20 heavy (non-hydrogen) atoms. The van der Waals surface area contributed by atoms with E-state index in [1.54, 1.807) is 6.92 Å². The van der Waals surface area contributed by atoms with E-state index in [9.17, 15) is 4.79 Å². The normalized spacial score (nSPS) is 10.3. The Balaban J connectivity index is 2.06. The number of ether oxygens (including phenoxy) is 2. The first-order valence-corrected chi connectivity index (χ1v) is 6.30. The number of hydrogen-bond acceptors (Lipinski definition) is 5. The second-order valence-electron chi connectivity index (χ2n) is 4.52. The van der Waals surface area contributed by atoms with Crippen molar-refractivity contribution in [3.8, 4) is 5.75 Å². The van der Waals surface area contributed by atoms with Crippen LogP contribution in [-0.2, 0) is 22.6 Å². The molecule has 0 aliphatic heterocycles. The van der Waals surface area contributed by atoms with Gasteiger partial charge in [0.05, 0.1) is 19.2 Å². The van der Waals surface area contributed by atoms with Gasteiger partial charge in [0.1, 0.15) is 12.4 Å². The van der Waals surface area contributed by atoms with Gasteiger partial charge in [0.25, 0.3) is 0 Å². The van der Waals surface area contributed by atoms with Gasteiger partial charge in [-0.1, -0.05) is 22.9 Å². The molecular weight excluding hydrogens is 258 g/mol. The van der Waals surface area contributed by atoms with E-state index in [-0.39, 0.29) is 19.0 Å². The smallest absolute Gasteiger partial charge is 0.310 e. The molecule has 1 aromatic carbocycles. The van der Waals surface area contributed by atoms with E-state index < -0.39 is 0 Å². The van der Waals surface area contributed by atoms with Gasteiger partial charge in [-0.15, -0.1) is 0 Å². The van der Waals surface area contributed by atoms with Crippen LogP contribution in [-0.4, -0.2) is 18.2 Å². The van der Waals surface area contributed by atoms with Crippen LogP contribution in [0.4, 0.5) is 0 Å². The van der Waals surface area contributed by atoms with E-state index in [0.29, 0.717) is 11.5 Å². The Morgan fingerprint density at radius 2 is 1.95 bits per heavy atom. The molecule has 0 saturated heterocycles. The molecule has 0 radical (unpaired) electrons. The van der Waals surface area contributed by atoms with Gasteiger partial charge >= 0.3 is 5.97 Å². The van der Waals surface area contributed by atoms with Crippen molar-refractivity contribution in [2.24, 2.45) is 0 Å². The lowest BCUT2D eigenvalue weighted by Gasteiger charge is -2.05. The SMILES string of the molecule is COC(=O)Cc1c(C)noc1COc1ccc(C)cc1. The van der Waals surface area contributed by atoms with E-state index in [2.05, 4.69) is 9.89 Å². The average Bonchev–Trinajstić information content (AvgIpc) is 2.79. The monoisotopic (exact) mass is 275 g/mol. The number of carbonyl (C=O) groups is 1. The Bertz CT molecular complexity index is 586. The van der Waals surface area contributed by atoms with Crippen LogP contribution < -0.4 is 4.74 Å². The van der Waals surface area contributed by atoms with Gasteiger partial charge in [-0.2, -0.15) is 0 Å². The van der Waals surface area contributed by atoms with E-state index in [4.69, 9.17) is 9.26 Å². The van der Waals surface area contributed by atoms with Crippen LogP contribution in [0.3, 0.4) is 0 Å². The minimum absolute atomic E-state index is 0.137. The first kappa shape index (κ1) is 14.1. The van der Waals surface area contributed by atoms with Gasteiger partial charge in [-0.05, 0) is 26.0 Å². The maximum atomic E-state index is 11.4. The summed E-state index contributed by atoms with van der Waals surface area (Å²) in [6.45, 7) is 4.03. The second kappa shape index (κ2) is 6.23. The largest absolute Gasteiger partial charge is 0.486 e. The number of methoxy groups -OCH3 is 1. The molecule has 0 aliphatic carbocycles. The van der Waals surface area contributed by atoms with Crippen LogP contribution in [0, 0.1) is 13.8 Å². The highest BCUT2D eigenvalue weighted by atomic mass is 16.5. The number of benzene rings is 1. The summed E-state index contributed by atoms with van der Waals surface area (Å²) in [7, 11) is 1.35. The second-order valence-corrected chi connectivity index (χ2v) is 4.52. The van der Waals surface area contributed by atoms with Crippen LogP contribution >= 0.6 is 0 Å². The van der Waals surface area contributed by atoms with Crippen molar-refractivity contribution in [1.29, 1.82) is 0 Å². The van der Waals surface area contributed by atoms with Gasteiger partial charge in [-0.25, -0.2) is 0 Å². The summed E-state index contributed by atoms with van der Waals surface area (Å²) in [6.07, 6.45) is 0.137. The molecule has 0 amide bonds. The molecule has 5 nitrogen and oxygen atoms in total. The van der Waals surface area contributed by atoms with Crippen LogP contribution in [0.2, 0.25) is 0 Å². The topological polar surface area (TPSA) is 61.6 Å². The molecule has 2 aromatic rings. The molecule has 0 bridgehead atoms. The van der Waals surface area contributed by atoms with Crippen LogP contribution in [0.15, 0.2) is 28.8 Å². The maximum Gasteiger partial charge on any atom is 0.310 e. The van der Waals surface area contributed by atoms with Gasteiger partial charge < -0.3 is 14.0 Å². The number of rotatable bonds is 5. The first-order valence-electron chi connectivity index (χ1n) is 6.30.